The molecular weight excluding hydrogens is 988 g/mol. The fourth-order valence-electron chi connectivity index (χ4n) is 17.9. The van der Waals surface area contributed by atoms with Gasteiger partial charge in [-0.25, -0.2) is 0 Å². The van der Waals surface area contributed by atoms with E-state index >= 15 is 0 Å². The van der Waals surface area contributed by atoms with Crippen LogP contribution in [-0.4, -0.2) is 15.8 Å². The van der Waals surface area contributed by atoms with E-state index in [0.717, 1.165) is 25.7 Å². The van der Waals surface area contributed by atoms with Crippen molar-refractivity contribution in [2.24, 2.45) is 0 Å². The molecule has 0 N–H and O–H groups in total. The molecule has 5 heterocycles. The maximum atomic E-state index is 2.93. The molecule has 0 fully saturated rings. The second-order valence-corrected chi connectivity index (χ2v) is 30.8. The van der Waals surface area contributed by atoms with E-state index in [2.05, 4.69) is 258 Å². The molecule has 3 heteroatoms. The minimum atomic E-state index is -0.578. The van der Waals surface area contributed by atoms with Crippen LogP contribution in [0.15, 0.2) is 152 Å². The molecule has 0 amide bonds. The summed E-state index contributed by atoms with van der Waals surface area (Å²) in [5, 5.41) is 7.05. The van der Waals surface area contributed by atoms with Gasteiger partial charge < -0.3 is 9.13 Å². The van der Waals surface area contributed by atoms with E-state index in [4.69, 9.17) is 0 Å². The Labute approximate surface area is 485 Å². The van der Waals surface area contributed by atoms with Crippen LogP contribution in [0.3, 0.4) is 0 Å². The SMILES string of the molecule is CC(C)(C)c1ccc(-c2c(-c3ccc(C(C)(C)C)cc3)n3c4c(cc5ccccc5c24)B2c4c-3ccc3c4-n4c5c2cc2c(c5c5c6c(cc(c54)C34c3ccccc3-c3ccccc34)C(C)(C)CCC6(C)C)C(C)(C)CCC2(C)C)cc1. The Balaban J connectivity index is 1.15. The maximum absolute atomic E-state index is 2.93. The Morgan fingerprint density at radius 2 is 0.915 bits per heavy atom. The van der Waals surface area contributed by atoms with Crippen molar-refractivity contribution in [2.75, 3.05) is 0 Å². The summed E-state index contributed by atoms with van der Waals surface area (Å²) in [4.78, 5) is 0. The molecule has 0 atom stereocenters. The normalized spacial score (nSPS) is 18.4. The van der Waals surface area contributed by atoms with Gasteiger partial charge in [0.15, 0.2) is 0 Å². The molecule has 1 spiro atoms. The van der Waals surface area contributed by atoms with E-state index in [9.17, 15) is 0 Å². The molecule has 3 aliphatic carbocycles. The van der Waals surface area contributed by atoms with Gasteiger partial charge in [-0.05, 0) is 169 Å². The summed E-state index contributed by atoms with van der Waals surface area (Å²) in [6.07, 6.45) is 4.62. The van der Waals surface area contributed by atoms with Gasteiger partial charge in [-0.1, -0.05) is 243 Å². The molecule has 0 radical (unpaired) electrons. The summed E-state index contributed by atoms with van der Waals surface area (Å²) in [5.41, 5.74) is 33.1. The van der Waals surface area contributed by atoms with E-state index in [1.165, 1.54) is 133 Å². The largest absolute Gasteiger partial charge is 0.310 e. The van der Waals surface area contributed by atoms with Crippen LogP contribution in [0.1, 0.15) is 178 Å². The second kappa shape index (κ2) is 15.2. The quantitative estimate of drug-likeness (QED) is 0.153. The molecule has 82 heavy (non-hydrogen) atoms. The number of benzene rings is 9. The van der Waals surface area contributed by atoms with E-state index in [0.29, 0.717) is 0 Å². The Hall–Kier alpha value is -7.36. The predicted molar refractivity (Wildman–Crippen MR) is 349 cm³/mol. The minimum absolute atomic E-state index is 0.0132. The fraction of sp³-hybridized carbons (Fsp3) is 0.316. The van der Waals surface area contributed by atoms with E-state index in [1.807, 2.05) is 0 Å². The van der Waals surface area contributed by atoms with Crippen LogP contribution in [0.4, 0.5) is 0 Å². The molecule has 0 saturated heterocycles. The molecule has 17 rings (SSSR count). The van der Waals surface area contributed by atoms with Crippen molar-refractivity contribution < 1.29 is 0 Å². The summed E-state index contributed by atoms with van der Waals surface area (Å²) >= 11 is 0. The number of rotatable bonds is 2. The maximum Gasteiger partial charge on any atom is 0.252 e. The lowest BCUT2D eigenvalue weighted by Crippen LogP contribution is -2.61. The van der Waals surface area contributed by atoms with Gasteiger partial charge in [0.1, 0.15) is 0 Å². The first kappa shape index (κ1) is 49.3. The average molecular weight is 1060 g/mol. The molecule has 0 bridgehead atoms. The molecule has 404 valence electrons. The lowest BCUT2D eigenvalue weighted by molar-refractivity contribution is 0.333. The van der Waals surface area contributed by atoms with Gasteiger partial charge in [-0.2, -0.15) is 0 Å². The molecule has 9 aromatic carbocycles. The van der Waals surface area contributed by atoms with Crippen molar-refractivity contribution in [3.05, 3.63) is 207 Å². The van der Waals surface area contributed by atoms with Crippen molar-refractivity contribution in [1.29, 1.82) is 0 Å². The van der Waals surface area contributed by atoms with Crippen molar-refractivity contribution in [3.63, 3.8) is 0 Å². The number of fused-ring (bicyclic) bond motifs is 17. The molecule has 11 aromatic rings. The third-order valence-corrected chi connectivity index (χ3v) is 22.3. The number of hydrogen-bond acceptors (Lipinski definition) is 0. The number of nitrogens with zero attached hydrogens (tertiary/aromatic N) is 2. The zero-order valence-corrected chi connectivity index (χ0v) is 50.7. The Morgan fingerprint density at radius 3 is 1.51 bits per heavy atom. The van der Waals surface area contributed by atoms with Crippen molar-refractivity contribution >= 4 is 66.6 Å². The lowest BCUT2D eigenvalue weighted by Gasteiger charge is -2.47. The van der Waals surface area contributed by atoms with E-state index in [-0.39, 0.29) is 39.2 Å². The molecule has 2 aromatic heterocycles. The van der Waals surface area contributed by atoms with Gasteiger partial charge >= 0.3 is 0 Å². The van der Waals surface area contributed by atoms with Crippen LogP contribution in [0.25, 0.3) is 88.4 Å². The first-order valence-electron chi connectivity index (χ1n) is 30.9. The third-order valence-electron chi connectivity index (χ3n) is 22.3. The summed E-state index contributed by atoms with van der Waals surface area (Å²) in [7, 11) is 0. The monoisotopic (exact) mass is 1060 g/mol. The highest BCUT2D eigenvalue weighted by Gasteiger charge is 2.57. The summed E-state index contributed by atoms with van der Waals surface area (Å²) in [6, 6.07) is 61.3. The summed E-state index contributed by atoms with van der Waals surface area (Å²) < 4.78 is 5.72. The van der Waals surface area contributed by atoms with Gasteiger partial charge in [0.05, 0.1) is 22.1 Å². The highest BCUT2D eigenvalue weighted by atomic mass is 15.1. The first-order valence-corrected chi connectivity index (χ1v) is 30.9. The van der Waals surface area contributed by atoms with Crippen molar-refractivity contribution in [1.82, 2.24) is 9.13 Å². The molecule has 6 aliphatic rings. The van der Waals surface area contributed by atoms with Gasteiger partial charge in [-0.15, -0.1) is 0 Å². The van der Waals surface area contributed by atoms with Gasteiger partial charge in [0.2, 0.25) is 0 Å². The van der Waals surface area contributed by atoms with Crippen LogP contribution in [0.2, 0.25) is 0 Å². The van der Waals surface area contributed by atoms with Crippen LogP contribution in [-0.2, 0) is 37.9 Å². The zero-order valence-electron chi connectivity index (χ0n) is 50.7. The minimum Gasteiger partial charge on any atom is -0.310 e. The molecule has 0 saturated carbocycles. The number of aromatic nitrogens is 2. The molecule has 3 aliphatic heterocycles. The Morgan fingerprint density at radius 1 is 0.415 bits per heavy atom. The van der Waals surface area contributed by atoms with Crippen LogP contribution in [0, 0.1) is 0 Å². The average Bonchev–Trinajstić information content (AvgIpc) is 1.48. The van der Waals surface area contributed by atoms with Crippen molar-refractivity contribution in [3.8, 4) is 44.9 Å². The summed E-state index contributed by atoms with van der Waals surface area (Å²) in [5.74, 6) is 0. The van der Waals surface area contributed by atoms with E-state index in [1.54, 1.807) is 27.6 Å². The highest BCUT2D eigenvalue weighted by Crippen LogP contribution is 2.65. The first-order chi connectivity index (χ1) is 38.9. The Kier molecular flexibility index (Phi) is 9.16. The van der Waals surface area contributed by atoms with Crippen molar-refractivity contribution in [2.45, 2.75) is 161 Å². The smallest absolute Gasteiger partial charge is 0.252 e. The molecular formula is C79H75BN2. The highest BCUT2D eigenvalue weighted by molar-refractivity contribution is 7.00. The van der Waals surface area contributed by atoms with Gasteiger partial charge in [-0.3, -0.25) is 0 Å². The van der Waals surface area contributed by atoms with Crippen LogP contribution in [0.5, 0.6) is 0 Å². The standard InChI is InChI=1S/C79H75BN2/c1-73(2,3)47-31-27-44(28-32-47)61-62-49-22-16-15-21-46(49)41-58-71(62)81(68(61)45-29-33-48(34-30-45)74(4,5)6)60-36-35-54-70-67(60)80(58)59-43-56-66(78(13,14)40-38-76(56,9)10)64-63-65-55(75(7,8)37-39-77(65,11)12)42-57(69(63)82(70)72(59)64)79(54)52-25-19-17-23-50(52)51-24-18-20-26-53(51)79/h15-36,41-43H,37-40H2,1-14H3. The number of hydrogen-bond donors (Lipinski definition) is 0. The van der Waals surface area contributed by atoms with Gasteiger partial charge in [0, 0.05) is 38.6 Å². The summed E-state index contributed by atoms with van der Waals surface area (Å²) in [6.45, 7) is 34.6. The van der Waals surface area contributed by atoms with Crippen LogP contribution < -0.4 is 16.4 Å². The van der Waals surface area contributed by atoms with E-state index < -0.39 is 5.41 Å². The predicted octanol–water partition coefficient (Wildman–Crippen LogP) is 18.3. The Bertz CT molecular complexity index is 4690. The zero-order chi connectivity index (χ0) is 56.5. The van der Waals surface area contributed by atoms with Gasteiger partial charge in [0.25, 0.3) is 6.71 Å². The fourth-order valence-corrected chi connectivity index (χ4v) is 17.9. The third kappa shape index (κ3) is 5.84. The second-order valence-electron chi connectivity index (χ2n) is 30.8. The lowest BCUT2D eigenvalue weighted by atomic mass is 9.33. The molecule has 0 unspecified atom stereocenters. The molecule has 2 nitrogen and oxygen atoms in total. The van der Waals surface area contributed by atoms with Crippen LogP contribution >= 0.6 is 0 Å². The topological polar surface area (TPSA) is 9.86 Å².